The Morgan fingerprint density at radius 2 is 1.65 bits per heavy atom. The summed E-state index contributed by atoms with van der Waals surface area (Å²) in [5, 5.41) is 0.779. The molecule has 0 spiro atoms. The van der Waals surface area contributed by atoms with Gasteiger partial charge >= 0.3 is 0 Å². The third-order valence-electron chi connectivity index (χ3n) is 4.33. The first kappa shape index (κ1) is 12.9. The largest absolute Gasteiger partial charge is 0.321 e. The van der Waals surface area contributed by atoms with Crippen LogP contribution in [-0.4, -0.2) is 0 Å². The average Bonchev–Trinajstić information content (AvgIpc) is 2.30. The highest BCUT2D eigenvalue weighted by Gasteiger charge is 2.33. The Bertz CT molecular complexity index is 361. The second-order valence-electron chi connectivity index (χ2n) is 5.75. The number of benzene rings is 1. The van der Waals surface area contributed by atoms with Gasteiger partial charge in [0.2, 0.25) is 0 Å². The maximum absolute atomic E-state index is 6.57. The van der Waals surface area contributed by atoms with Crippen molar-refractivity contribution in [2.75, 3.05) is 0 Å². The Morgan fingerprint density at radius 1 is 1.12 bits per heavy atom. The van der Waals surface area contributed by atoms with Crippen molar-refractivity contribution in [2.45, 2.75) is 45.1 Å². The molecule has 1 aromatic carbocycles. The monoisotopic (exact) mass is 251 g/mol. The SMILES string of the molecule is CC1CCC(C(C)(N)c2ccc(Cl)cc2)CC1. The lowest BCUT2D eigenvalue weighted by Crippen LogP contribution is -2.42. The van der Waals surface area contributed by atoms with Gasteiger partial charge < -0.3 is 5.73 Å². The van der Waals surface area contributed by atoms with Crippen molar-refractivity contribution < 1.29 is 0 Å². The number of halogens is 1. The van der Waals surface area contributed by atoms with Crippen LogP contribution < -0.4 is 5.73 Å². The van der Waals surface area contributed by atoms with Crippen LogP contribution in [0.1, 0.15) is 45.1 Å². The molecule has 2 rings (SSSR count). The highest BCUT2D eigenvalue weighted by Crippen LogP contribution is 2.39. The van der Waals surface area contributed by atoms with Gasteiger partial charge in [-0.3, -0.25) is 0 Å². The summed E-state index contributed by atoms with van der Waals surface area (Å²) in [6.45, 7) is 4.50. The Labute approximate surface area is 109 Å². The fourth-order valence-corrected chi connectivity index (χ4v) is 3.03. The van der Waals surface area contributed by atoms with Crippen molar-refractivity contribution in [3.05, 3.63) is 34.9 Å². The van der Waals surface area contributed by atoms with Gasteiger partial charge in [0.05, 0.1) is 0 Å². The molecule has 17 heavy (non-hydrogen) atoms. The van der Waals surface area contributed by atoms with E-state index in [1.165, 1.54) is 31.2 Å². The van der Waals surface area contributed by atoms with Crippen molar-refractivity contribution in [1.82, 2.24) is 0 Å². The molecule has 1 atom stereocenters. The van der Waals surface area contributed by atoms with E-state index >= 15 is 0 Å². The van der Waals surface area contributed by atoms with Gasteiger partial charge in [-0.1, -0.05) is 43.5 Å². The molecule has 2 N–H and O–H groups in total. The van der Waals surface area contributed by atoms with Gasteiger partial charge in [0.1, 0.15) is 0 Å². The maximum atomic E-state index is 6.57. The van der Waals surface area contributed by atoms with E-state index in [4.69, 9.17) is 17.3 Å². The molecular formula is C15H22ClN. The lowest BCUT2D eigenvalue weighted by Gasteiger charge is -2.39. The van der Waals surface area contributed by atoms with E-state index in [1.54, 1.807) is 0 Å². The summed E-state index contributed by atoms with van der Waals surface area (Å²) < 4.78 is 0. The lowest BCUT2D eigenvalue weighted by molar-refractivity contribution is 0.193. The van der Waals surface area contributed by atoms with E-state index in [1.807, 2.05) is 12.1 Å². The number of hydrogen-bond donors (Lipinski definition) is 1. The predicted molar refractivity (Wildman–Crippen MR) is 74.1 cm³/mol. The molecule has 1 unspecified atom stereocenters. The second kappa shape index (κ2) is 4.99. The van der Waals surface area contributed by atoms with Crippen LogP contribution in [0.3, 0.4) is 0 Å². The Balaban J connectivity index is 2.15. The van der Waals surface area contributed by atoms with E-state index in [-0.39, 0.29) is 5.54 Å². The zero-order valence-electron chi connectivity index (χ0n) is 10.7. The topological polar surface area (TPSA) is 26.0 Å². The zero-order chi connectivity index (χ0) is 12.5. The zero-order valence-corrected chi connectivity index (χ0v) is 11.5. The molecule has 0 heterocycles. The fourth-order valence-electron chi connectivity index (χ4n) is 2.90. The van der Waals surface area contributed by atoms with Crippen LogP contribution in [0.25, 0.3) is 0 Å². The quantitative estimate of drug-likeness (QED) is 0.831. The molecule has 0 aliphatic heterocycles. The first-order valence-electron chi connectivity index (χ1n) is 6.55. The normalized spacial score (nSPS) is 28.7. The molecule has 0 aromatic heterocycles. The van der Waals surface area contributed by atoms with Crippen molar-refractivity contribution >= 4 is 11.6 Å². The van der Waals surface area contributed by atoms with E-state index in [2.05, 4.69) is 26.0 Å². The van der Waals surface area contributed by atoms with Gasteiger partial charge in [-0.05, 0) is 49.3 Å². The van der Waals surface area contributed by atoms with Crippen LogP contribution in [0, 0.1) is 11.8 Å². The minimum Gasteiger partial charge on any atom is -0.321 e. The summed E-state index contributed by atoms with van der Waals surface area (Å²) in [5.74, 6) is 1.46. The highest BCUT2D eigenvalue weighted by atomic mass is 35.5. The van der Waals surface area contributed by atoms with E-state index in [9.17, 15) is 0 Å². The molecule has 94 valence electrons. The summed E-state index contributed by atoms with van der Waals surface area (Å²) in [4.78, 5) is 0. The van der Waals surface area contributed by atoms with Crippen LogP contribution in [-0.2, 0) is 5.54 Å². The minimum atomic E-state index is -0.218. The van der Waals surface area contributed by atoms with Crippen molar-refractivity contribution in [2.24, 2.45) is 17.6 Å². The molecule has 0 amide bonds. The average molecular weight is 252 g/mol. The Morgan fingerprint density at radius 3 is 2.18 bits per heavy atom. The molecule has 1 aliphatic carbocycles. The molecule has 1 fully saturated rings. The summed E-state index contributed by atoms with van der Waals surface area (Å²) in [6, 6.07) is 8.02. The minimum absolute atomic E-state index is 0.218. The van der Waals surface area contributed by atoms with E-state index in [0.717, 1.165) is 10.9 Å². The van der Waals surface area contributed by atoms with Gasteiger partial charge in [-0.25, -0.2) is 0 Å². The Hall–Kier alpha value is -0.530. The third kappa shape index (κ3) is 2.83. The van der Waals surface area contributed by atoms with E-state index in [0.29, 0.717) is 5.92 Å². The molecule has 1 nitrogen and oxygen atoms in total. The van der Waals surface area contributed by atoms with Crippen LogP contribution >= 0.6 is 11.6 Å². The van der Waals surface area contributed by atoms with Crippen molar-refractivity contribution in [3.63, 3.8) is 0 Å². The van der Waals surface area contributed by atoms with Gasteiger partial charge in [-0.15, -0.1) is 0 Å². The Kier molecular flexibility index (Phi) is 3.79. The van der Waals surface area contributed by atoms with Crippen molar-refractivity contribution in [3.8, 4) is 0 Å². The summed E-state index contributed by atoms with van der Waals surface area (Å²) in [7, 11) is 0. The van der Waals surface area contributed by atoms with Gasteiger partial charge in [0, 0.05) is 10.6 Å². The first-order chi connectivity index (χ1) is 8.00. The van der Waals surface area contributed by atoms with Gasteiger partial charge in [0.25, 0.3) is 0 Å². The predicted octanol–water partition coefficient (Wildman–Crippen LogP) is 4.34. The lowest BCUT2D eigenvalue weighted by atomic mass is 9.70. The molecule has 0 bridgehead atoms. The van der Waals surface area contributed by atoms with Crippen molar-refractivity contribution in [1.29, 1.82) is 0 Å². The third-order valence-corrected chi connectivity index (χ3v) is 4.58. The molecule has 0 radical (unpaired) electrons. The highest BCUT2D eigenvalue weighted by molar-refractivity contribution is 6.30. The first-order valence-corrected chi connectivity index (χ1v) is 6.93. The fraction of sp³-hybridized carbons (Fsp3) is 0.600. The smallest absolute Gasteiger partial charge is 0.0409 e. The number of rotatable bonds is 2. The molecule has 2 heteroatoms. The number of hydrogen-bond acceptors (Lipinski definition) is 1. The second-order valence-corrected chi connectivity index (χ2v) is 6.18. The molecule has 1 saturated carbocycles. The van der Waals surface area contributed by atoms with Crippen LogP contribution in [0.5, 0.6) is 0 Å². The van der Waals surface area contributed by atoms with Crippen LogP contribution in [0.4, 0.5) is 0 Å². The van der Waals surface area contributed by atoms with Gasteiger partial charge in [0.15, 0.2) is 0 Å². The summed E-state index contributed by atoms with van der Waals surface area (Å²) >= 11 is 5.93. The molecule has 0 saturated heterocycles. The molecule has 1 aliphatic rings. The number of nitrogens with two attached hydrogens (primary N) is 1. The van der Waals surface area contributed by atoms with E-state index < -0.39 is 0 Å². The standard InChI is InChI=1S/C15H22ClN/c1-11-3-5-12(6-4-11)15(2,17)13-7-9-14(16)10-8-13/h7-12H,3-6,17H2,1-2H3. The summed E-state index contributed by atoms with van der Waals surface area (Å²) in [6.07, 6.45) is 5.11. The molecule has 1 aromatic rings. The van der Waals surface area contributed by atoms with Crippen LogP contribution in [0.15, 0.2) is 24.3 Å². The summed E-state index contributed by atoms with van der Waals surface area (Å²) in [5.41, 5.74) is 7.56. The molecular weight excluding hydrogens is 230 g/mol. The van der Waals surface area contributed by atoms with Crippen LogP contribution in [0.2, 0.25) is 5.02 Å². The van der Waals surface area contributed by atoms with Gasteiger partial charge in [-0.2, -0.15) is 0 Å². The maximum Gasteiger partial charge on any atom is 0.0409 e.